The van der Waals surface area contributed by atoms with Crippen LogP contribution in [0.1, 0.15) is 135 Å². The van der Waals surface area contributed by atoms with Crippen LogP contribution in [0.15, 0.2) is 48.5 Å². The highest BCUT2D eigenvalue weighted by molar-refractivity contribution is 5.93. The van der Waals surface area contributed by atoms with Crippen molar-refractivity contribution in [1.82, 2.24) is 41.7 Å². The second-order valence-electron chi connectivity index (χ2n) is 19.9. The second-order valence-corrected chi connectivity index (χ2v) is 19.9. The van der Waals surface area contributed by atoms with Crippen molar-refractivity contribution in [2.75, 3.05) is 46.8 Å². The lowest BCUT2D eigenvalue weighted by Crippen LogP contribution is -2.58. The highest BCUT2D eigenvalue weighted by Gasteiger charge is 2.44. The molecule has 0 radical (unpaired) electrons. The Hall–Kier alpha value is -5.88. The third-order valence-corrected chi connectivity index (χ3v) is 11.8. The maximum absolute atomic E-state index is 13.2. The third-order valence-electron chi connectivity index (χ3n) is 11.8. The molecule has 8 amide bonds. The van der Waals surface area contributed by atoms with Gasteiger partial charge in [0.1, 0.15) is 12.1 Å². The number of benzene rings is 2. The molecule has 2 saturated heterocycles. The molecule has 398 valence electrons. The van der Waals surface area contributed by atoms with Crippen LogP contribution >= 0.6 is 0 Å². The van der Waals surface area contributed by atoms with Crippen LogP contribution in [-0.4, -0.2) is 129 Å². The summed E-state index contributed by atoms with van der Waals surface area (Å²) in [6, 6.07) is 14.5. The van der Waals surface area contributed by atoms with Gasteiger partial charge in [-0.15, -0.1) is 0 Å². The van der Waals surface area contributed by atoms with Crippen molar-refractivity contribution >= 4 is 47.8 Å². The van der Waals surface area contributed by atoms with Crippen LogP contribution in [0.4, 0.5) is 0 Å². The van der Waals surface area contributed by atoms with Crippen LogP contribution < -0.4 is 43.4 Å². The zero-order valence-electron chi connectivity index (χ0n) is 44.6. The number of aryl methyl sites for hydroxylation is 3. The first-order valence-electron chi connectivity index (χ1n) is 25.2. The first kappa shape index (κ1) is 63.1. The number of nitrogens with zero attached hydrogens (tertiary/aromatic N) is 2. The number of fused-ring (bicyclic) bond motifs is 1. The highest BCUT2D eigenvalue weighted by atomic mass is 16.2. The van der Waals surface area contributed by atoms with Crippen LogP contribution in [0.3, 0.4) is 0 Å². The molecule has 4 unspecified atom stereocenters. The highest BCUT2D eigenvalue weighted by Crippen LogP contribution is 2.26. The van der Waals surface area contributed by atoms with Gasteiger partial charge in [0.2, 0.25) is 47.8 Å². The predicted molar refractivity (Wildman–Crippen MR) is 279 cm³/mol. The molecule has 3 aliphatic rings. The quantitative estimate of drug-likeness (QED) is 0.107. The van der Waals surface area contributed by atoms with E-state index in [2.05, 4.69) is 103 Å². The largest absolute Gasteiger partial charge is 0.370 e. The average molecular weight is 993 g/mol. The Labute approximate surface area is 423 Å². The predicted octanol–water partition coefficient (Wildman–Crippen LogP) is 3.33. The Morgan fingerprint density at radius 2 is 1.37 bits per heavy atom. The lowest BCUT2D eigenvalue weighted by molar-refractivity contribution is -0.143. The van der Waals surface area contributed by atoms with Gasteiger partial charge in [0, 0.05) is 38.5 Å². The Morgan fingerprint density at radius 3 is 1.85 bits per heavy atom. The summed E-state index contributed by atoms with van der Waals surface area (Å²) in [6.07, 6.45) is 9.20. The van der Waals surface area contributed by atoms with Crippen molar-refractivity contribution in [1.29, 1.82) is 0 Å². The summed E-state index contributed by atoms with van der Waals surface area (Å²) in [4.78, 5) is 96.3. The summed E-state index contributed by atoms with van der Waals surface area (Å²) in [5.41, 5.74) is 15.5. The standard InChI is InChI=1S/C18H32N6O5.C11H15NO.C10H19N3O2.C10H12.C4H10/c1-18(2,3)15(23-14(27)8-21-4)17(29)24-9-10(7-11(24)16(20)28)22-13(26)6-5-12(19)25;1-3-11(12-8-13)10-7-5-4-6-9(10)2;1-8(11-2)10(15)12-7-9(14)13-5-3-4-6-13;1-2-6-10-8-4-3-7-9(10)5-1;1-4(2)3/h10-11,15,21H,5-9H2,1-4H3,(H2,19,25)(H2,20,28)(H,22,26)(H,23,27);4-8,11H,3H2,1-2H3,(H,12,13);8,11H,3-7H2,1-2H3,(H,12,15);1-2,5-6H,3-4,7-8H2;4H,1-3H3/t;11-;;;/m.1.../s1. The monoisotopic (exact) mass is 993 g/mol. The van der Waals surface area contributed by atoms with Gasteiger partial charge in [-0.3, -0.25) is 38.4 Å². The molecule has 2 aromatic carbocycles. The van der Waals surface area contributed by atoms with E-state index in [1.807, 2.05) is 12.1 Å². The average Bonchev–Trinajstić information content (AvgIpc) is 4.03. The van der Waals surface area contributed by atoms with E-state index in [9.17, 15) is 38.4 Å². The van der Waals surface area contributed by atoms with E-state index in [1.165, 1.54) is 41.7 Å². The fourth-order valence-corrected chi connectivity index (χ4v) is 7.87. The van der Waals surface area contributed by atoms with Crippen LogP contribution in [0.2, 0.25) is 0 Å². The lowest BCUT2D eigenvalue weighted by atomic mass is 9.85. The normalized spacial score (nSPS) is 17.0. The van der Waals surface area contributed by atoms with Crippen LogP contribution in [0.5, 0.6) is 0 Å². The summed E-state index contributed by atoms with van der Waals surface area (Å²) >= 11 is 0. The van der Waals surface area contributed by atoms with E-state index in [1.54, 1.807) is 57.8 Å². The van der Waals surface area contributed by atoms with Gasteiger partial charge in [-0.1, -0.05) is 97.0 Å². The number of amides is 8. The molecule has 0 saturated carbocycles. The zero-order valence-corrected chi connectivity index (χ0v) is 44.6. The lowest BCUT2D eigenvalue weighted by Gasteiger charge is -2.35. The molecule has 5 rings (SSSR count). The smallest absolute Gasteiger partial charge is 0.246 e. The van der Waals surface area contributed by atoms with E-state index < -0.39 is 47.2 Å². The van der Waals surface area contributed by atoms with Gasteiger partial charge in [-0.25, -0.2) is 0 Å². The summed E-state index contributed by atoms with van der Waals surface area (Å²) in [7, 11) is 3.33. The minimum atomic E-state index is -0.907. The second kappa shape index (κ2) is 33.7. The first-order chi connectivity index (χ1) is 33.5. The molecule has 2 aromatic rings. The molecule has 18 heteroatoms. The van der Waals surface area contributed by atoms with Gasteiger partial charge >= 0.3 is 0 Å². The van der Waals surface area contributed by atoms with E-state index in [0.29, 0.717) is 0 Å². The number of likely N-dealkylation sites (N-methyl/N-ethyl adjacent to an activating group) is 2. The Bertz CT molecular complexity index is 1960. The molecule has 18 nitrogen and oxygen atoms in total. The molecular weight excluding hydrogens is 905 g/mol. The Kier molecular flexibility index (Phi) is 29.9. The van der Waals surface area contributed by atoms with E-state index in [-0.39, 0.29) is 68.7 Å². The number of nitrogens with one attached hydrogen (secondary N) is 6. The molecule has 2 fully saturated rings. The molecule has 71 heavy (non-hydrogen) atoms. The van der Waals surface area contributed by atoms with Gasteiger partial charge in [-0.05, 0) is 113 Å². The van der Waals surface area contributed by atoms with Gasteiger partial charge in [0.15, 0.2) is 0 Å². The fraction of sp³-hybridized carbons (Fsp3) is 0.623. The maximum Gasteiger partial charge on any atom is 0.246 e. The molecule has 0 aromatic heterocycles. The van der Waals surface area contributed by atoms with Gasteiger partial charge in [-0.2, -0.15) is 0 Å². The maximum atomic E-state index is 13.2. The van der Waals surface area contributed by atoms with Crippen LogP contribution in [0, 0.1) is 18.3 Å². The number of carbonyl (C=O) groups is 8. The molecule has 0 spiro atoms. The molecule has 2 aliphatic heterocycles. The Morgan fingerprint density at radius 1 is 0.803 bits per heavy atom. The molecule has 1 aliphatic carbocycles. The van der Waals surface area contributed by atoms with Gasteiger partial charge < -0.3 is 53.2 Å². The number of likely N-dealkylation sites (tertiary alicyclic amines) is 2. The van der Waals surface area contributed by atoms with Gasteiger partial charge in [0.05, 0.1) is 25.2 Å². The van der Waals surface area contributed by atoms with E-state index in [4.69, 9.17) is 11.5 Å². The summed E-state index contributed by atoms with van der Waals surface area (Å²) in [5.74, 6) is -1.77. The van der Waals surface area contributed by atoms with Crippen LogP contribution in [-0.2, 0) is 51.2 Å². The summed E-state index contributed by atoms with van der Waals surface area (Å²) < 4.78 is 0. The minimum absolute atomic E-state index is 0.0177. The fourth-order valence-electron chi connectivity index (χ4n) is 7.87. The molecule has 10 N–H and O–H groups in total. The van der Waals surface area contributed by atoms with E-state index >= 15 is 0 Å². The van der Waals surface area contributed by atoms with E-state index in [0.717, 1.165) is 44.7 Å². The third kappa shape index (κ3) is 24.7. The van der Waals surface area contributed by atoms with Crippen molar-refractivity contribution in [2.45, 2.75) is 157 Å². The van der Waals surface area contributed by atoms with Crippen molar-refractivity contribution in [3.63, 3.8) is 0 Å². The zero-order chi connectivity index (χ0) is 53.7. The number of carbonyl (C=O) groups excluding carboxylic acids is 8. The SMILES string of the molecule is CC(C)C.CC[C@@H](NC=O)c1ccccc1C.CNC(C)C(=O)NCC(=O)N1CCCC1.CNCC(=O)NC(C(=O)N1CC(NC(=O)CCC(N)=O)CC1C(N)=O)C(C)(C)C.c1ccc2c(c1)CCCC2. The molecule has 0 bridgehead atoms. The van der Waals surface area contributed by atoms with Crippen LogP contribution in [0.25, 0.3) is 0 Å². The number of hydrogen-bond acceptors (Lipinski definition) is 10. The number of rotatable bonds is 17. The van der Waals surface area contributed by atoms with Crippen molar-refractivity contribution in [3.05, 3.63) is 70.8 Å². The van der Waals surface area contributed by atoms with Crippen molar-refractivity contribution in [2.24, 2.45) is 22.8 Å². The summed E-state index contributed by atoms with van der Waals surface area (Å²) in [6.45, 7) is 19.7. The first-order valence-corrected chi connectivity index (χ1v) is 25.2. The number of primary amides is 2. The topological polar surface area (TPSA) is 267 Å². The number of nitrogens with two attached hydrogens (primary N) is 2. The minimum Gasteiger partial charge on any atom is -0.370 e. The molecular formula is C53H88N10O8. The van der Waals surface area contributed by atoms with Gasteiger partial charge in [0.25, 0.3) is 0 Å². The van der Waals surface area contributed by atoms with Crippen molar-refractivity contribution < 1.29 is 38.4 Å². The Balaban J connectivity index is 0.000000500. The summed E-state index contributed by atoms with van der Waals surface area (Å²) in [5, 5.41) is 16.4. The molecule has 2 heterocycles. The molecule has 5 atom stereocenters. The number of hydrogen-bond donors (Lipinski definition) is 8. The van der Waals surface area contributed by atoms with Crippen molar-refractivity contribution in [3.8, 4) is 0 Å².